The molecule has 0 aromatic heterocycles. The van der Waals surface area contributed by atoms with Crippen LogP contribution in [0.4, 0.5) is 13.6 Å². The number of carbonyl (C=O) groups is 1. The Morgan fingerprint density at radius 1 is 1.38 bits per heavy atom. The van der Waals surface area contributed by atoms with E-state index in [1.165, 1.54) is 6.92 Å². The monoisotopic (exact) mass is 187 g/mol. The van der Waals surface area contributed by atoms with Crippen LogP contribution in [0.2, 0.25) is 0 Å². The second-order valence-electron chi connectivity index (χ2n) is 2.48. The zero-order chi connectivity index (χ0) is 10.0. The summed E-state index contributed by atoms with van der Waals surface area (Å²) in [6.45, 7) is 1.51. The van der Waals surface area contributed by atoms with Crippen molar-refractivity contribution in [3.63, 3.8) is 0 Å². The van der Waals surface area contributed by atoms with Crippen molar-refractivity contribution in [2.45, 2.75) is 6.92 Å². The molecule has 0 aliphatic rings. The molecule has 13 heavy (non-hydrogen) atoms. The molecule has 0 aliphatic heterocycles. The van der Waals surface area contributed by atoms with Crippen LogP contribution in [0.25, 0.3) is 0 Å². The minimum atomic E-state index is -1.25. The number of aryl methyl sites for hydroxylation is 1. The van der Waals surface area contributed by atoms with Gasteiger partial charge in [-0.3, -0.25) is 0 Å². The van der Waals surface area contributed by atoms with Crippen LogP contribution in [0.1, 0.15) is 5.56 Å². The van der Waals surface area contributed by atoms with Gasteiger partial charge >= 0.3 is 6.09 Å². The van der Waals surface area contributed by atoms with Gasteiger partial charge in [0.05, 0.1) is 0 Å². The van der Waals surface area contributed by atoms with Crippen LogP contribution in [0.3, 0.4) is 0 Å². The van der Waals surface area contributed by atoms with E-state index in [9.17, 15) is 13.6 Å². The number of halogens is 2. The number of ether oxygens (including phenoxy) is 1. The Morgan fingerprint density at radius 3 is 2.23 bits per heavy atom. The largest absolute Gasteiger partial charge is 0.410 e. The first kappa shape index (κ1) is 9.44. The summed E-state index contributed by atoms with van der Waals surface area (Å²) in [7, 11) is 0. The fourth-order valence-corrected chi connectivity index (χ4v) is 0.885. The molecule has 0 unspecified atom stereocenters. The van der Waals surface area contributed by atoms with Crippen LogP contribution in [0.15, 0.2) is 12.1 Å². The normalized spacial score (nSPS) is 9.77. The van der Waals surface area contributed by atoms with E-state index in [-0.39, 0.29) is 0 Å². The molecular weight excluding hydrogens is 180 g/mol. The van der Waals surface area contributed by atoms with E-state index in [0.29, 0.717) is 5.56 Å². The SMILES string of the molecule is Cc1cc(F)c(OC(N)=O)c(F)c1. The Labute approximate surface area is 73.1 Å². The summed E-state index contributed by atoms with van der Waals surface area (Å²) >= 11 is 0. The average Bonchev–Trinajstić information content (AvgIpc) is 1.96. The molecule has 5 heteroatoms. The Balaban J connectivity index is 3.13. The van der Waals surface area contributed by atoms with Gasteiger partial charge in [0.15, 0.2) is 11.6 Å². The lowest BCUT2D eigenvalue weighted by Gasteiger charge is -2.04. The molecule has 1 rings (SSSR count). The third-order valence-corrected chi connectivity index (χ3v) is 1.35. The fourth-order valence-electron chi connectivity index (χ4n) is 0.885. The zero-order valence-electron chi connectivity index (χ0n) is 6.80. The quantitative estimate of drug-likeness (QED) is 0.727. The number of carbonyl (C=O) groups excluding carboxylic acids is 1. The molecule has 0 saturated carbocycles. The molecule has 1 aromatic carbocycles. The number of benzene rings is 1. The second kappa shape index (κ2) is 3.38. The van der Waals surface area contributed by atoms with E-state index < -0.39 is 23.5 Å². The van der Waals surface area contributed by atoms with Gasteiger partial charge in [-0.15, -0.1) is 0 Å². The lowest BCUT2D eigenvalue weighted by atomic mass is 10.2. The lowest BCUT2D eigenvalue weighted by molar-refractivity contribution is 0.206. The van der Waals surface area contributed by atoms with Crippen molar-refractivity contribution in [3.05, 3.63) is 29.3 Å². The third-order valence-electron chi connectivity index (χ3n) is 1.35. The topological polar surface area (TPSA) is 52.3 Å². The molecule has 2 N–H and O–H groups in total. The van der Waals surface area contributed by atoms with Crippen LogP contribution in [-0.4, -0.2) is 6.09 Å². The van der Waals surface area contributed by atoms with Crippen molar-refractivity contribution in [1.82, 2.24) is 0 Å². The maximum absolute atomic E-state index is 12.9. The van der Waals surface area contributed by atoms with Gasteiger partial charge in [-0.2, -0.15) is 0 Å². The van der Waals surface area contributed by atoms with Crippen molar-refractivity contribution in [2.24, 2.45) is 5.73 Å². The number of amides is 1. The summed E-state index contributed by atoms with van der Waals surface area (Å²) in [6.07, 6.45) is -1.25. The summed E-state index contributed by atoms with van der Waals surface area (Å²) < 4.78 is 29.9. The molecule has 0 spiro atoms. The molecule has 70 valence electrons. The number of hydrogen-bond donors (Lipinski definition) is 1. The summed E-state index contributed by atoms with van der Waals surface area (Å²) in [5, 5.41) is 0. The summed E-state index contributed by atoms with van der Waals surface area (Å²) in [5.74, 6) is -2.66. The van der Waals surface area contributed by atoms with E-state index in [4.69, 9.17) is 0 Å². The van der Waals surface area contributed by atoms with E-state index in [1.54, 1.807) is 0 Å². The third kappa shape index (κ3) is 2.14. The Bertz CT molecular complexity index is 329. The van der Waals surface area contributed by atoms with Crippen molar-refractivity contribution in [3.8, 4) is 5.75 Å². The second-order valence-corrected chi connectivity index (χ2v) is 2.48. The number of hydrogen-bond acceptors (Lipinski definition) is 2. The molecule has 0 saturated heterocycles. The summed E-state index contributed by atoms with van der Waals surface area (Å²) in [5.41, 5.74) is 5.00. The highest BCUT2D eigenvalue weighted by molar-refractivity contribution is 5.68. The van der Waals surface area contributed by atoms with Gasteiger partial charge in [-0.05, 0) is 24.6 Å². The van der Waals surface area contributed by atoms with E-state index in [1.807, 2.05) is 0 Å². The molecule has 3 nitrogen and oxygen atoms in total. The Morgan fingerprint density at radius 2 is 1.85 bits per heavy atom. The molecule has 0 atom stereocenters. The van der Waals surface area contributed by atoms with E-state index in [2.05, 4.69) is 10.5 Å². The highest BCUT2D eigenvalue weighted by Gasteiger charge is 2.13. The van der Waals surface area contributed by atoms with E-state index >= 15 is 0 Å². The highest BCUT2D eigenvalue weighted by Crippen LogP contribution is 2.22. The van der Waals surface area contributed by atoms with Crippen LogP contribution < -0.4 is 10.5 Å². The smallest absolute Gasteiger partial charge is 0.404 e. The van der Waals surface area contributed by atoms with Gasteiger partial charge < -0.3 is 10.5 Å². The van der Waals surface area contributed by atoms with Crippen LogP contribution in [0.5, 0.6) is 5.75 Å². The van der Waals surface area contributed by atoms with Gasteiger partial charge in [0.1, 0.15) is 0 Å². The molecule has 0 heterocycles. The van der Waals surface area contributed by atoms with Crippen molar-refractivity contribution in [2.75, 3.05) is 0 Å². The zero-order valence-corrected chi connectivity index (χ0v) is 6.80. The minimum Gasteiger partial charge on any atom is -0.404 e. The van der Waals surface area contributed by atoms with Crippen LogP contribution >= 0.6 is 0 Å². The van der Waals surface area contributed by atoms with Crippen molar-refractivity contribution < 1.29 is 18.3 Å². The van der Waals surface area contributed by atoms with Crippen LogP contribution in [-0.2, 0) is 0 Å². The first-order valence-corrected chi connectivity index (χ1v) is 3.43. The standard InChI is InChI=1S/C8H7F2NO2/c1-4-2-5(9)7(6(10)3-4)13-8(11)12/h2-3H,1H3,(H2,11,12). The van der Waals surface area contributed by atoms with Crippen molar-refractivity contribution >= 4 is 6.09 Å². The lowest BCUT2D eigenvalue weighted by Crippen LogP contribution is -2.17. The van der Waals surface area contributed by atoms with Crippen molar-refractivity contribution in [1.29, 1.82) is 0 Å². The molecule has 0 aliphatic carbocycles. The minimum absolute atomic E-state index is 0.395. The van der Waals surface area contributed by atoms with Gasteiger partial charge in [-0.1, -0.05) is 0 Å². The summed E-state index contributed by atoms with van der Waals surface area (Å²) in [6, 6.07) is 2.09. The number of primary amides is 1. The van der Waals surface area contributed by atoms with Gasteiger partial charge in [0.2, 0.25) is 5.75 Å². The van der Waals surface area contributed by atoms with Gasteiger partial charge in [0, 0.05) is 0 Å². The number of nitrogens with two attached hydrogens (primary N) is 1. The maximum atomic E-state index is 12.9. The van der Waals surface area contributed by atoms with Crippen LogP contribution in [0, 0.1) is 18.6 Å². The van der Waals surface area contributed by atoms with Gasteiger partial charge in [-0.25, -0.2) is 13.6 Å². The maximum Gasteiger partial charge on any atom is 0.410 e. The molecular formula is C8H7F2NO2. The molecule has 0 fully saturated rings. The first-order chi connectivity index (χ1) is 6.00. The predicted molar refractivity (Wildman–Crippen MR) is 41.3 cm³/mol. The average molecular weight is 187 g/mol. The Kier molecular flexibility index (Phi) is 2.46. The Hall–Kier alpha value is -1.65. The molecule has 0 radical (unpaired) electrons. The van der Waals surface area contributed by atoms with E-state index in [0.717, 1.165) is 12.1 Å². The van der Waals surface area contributed by atoms with Gasteiger partial charge in [0.25, 0.3) is 0 Å². The molecule has 1 aromatic rings. The molecule has 1 amide bonds. The summed E-state index contributed by atoms with van der Waals surface area (Å²) in [4.78, 5) is 10.2. The fraction of sp³-hybridized carbons (Fsp3) is 0.125. The molecule has 0 bridgehead atoms. The predicted octanol–water partition coefficient (Wildman–Crippen LogP) is 1.73. The highest BCUT2D eigenvalue weighted by atomic mass is 19.1. The first-order valence-electron chi connectivity index (χ1n) is 3.43. The number of rotatable bonds is 1.